The van der Waals surface area contributed by atoms with Gasteiger partial charge in [-0.1, -0.05) is 0 Å². The number of rotatable bonds is 6. The Kier molecular flexibility index (Phi) is 8.17. The van der Waals surface area contributed by atoms with Crippen LogP contribution in [0.25, 0.3) is 0 Å². The highest BCUT2D eigenvalue weighted by molar-refractivity contribution is 14.0. The van der Waals surface area contributed by atoms with Crippen molar-refractivity contribution in [3.05, 3.63) is 39.7 Å². The SMILES string of the molecule is CCNC(=NCc1nc(C)c(C)s1)NCC(C)(O)c1ccco1.I. The van der Waals surface area contributed by atoms with Gasteiger partial charge in [0.1, 0.15) is 16.4 Å². The Morgan fingerprint density at radius 2 is 2.17 bits per heavy atom. The van der Waals surface area contributed by atoms with Crippen LogP contribution in [0.15, 0.2) is 27.8 Å². The van der Waals surface area contributed by atoms with Crippen molar-refractivity contribution in [2.45, 2.75) is 39.8 Å². The monoisotopic (exact) mass is 464 g/mol. The Morgan fingerprint density at radius 1 is 1.42 bits per heavy atom. The number of aromatic nitrogens is 1. The number of thiazole rings is 1. The van der Waals surface area contributed by atoms with E-state index in [9.17, 15) is 5.11 Å². The van der Waals surface area contributed by atoms with Crippen LogP contribution in [-0.4, -0.2) is 29.1 Å². The van der Waals surface area contributed by atoms with Crippen LogP contribution in [0.5, 0.6) is 0 Å². The molecule has 0 aliphatic carbocycles. The van der Waals surface area contributed by atoms with Gasteiger partial charge in [-0.05, 0) is 39.8 Å². The lowest BCUT2D eigenvalue weighted by atomic mass is 10.0. The first-order chi connectivity index (χ1) is 10.9. The lowest BCUT2D eigenvalue weighted by Crippen LogP contribution is -2.44. The zero-order valence-electron chi connectivity index (χ0n) is 14.4. The summed E-state index contributed by atoms with van der Waals surface area (Å²) in [6, 6.07) is 3.52. The van der Waals surface area contributed by atoms with E-state index in [0.717, 1.165) is 17.2 Å². The quantitative estimate of drug-likeness (QED) is 0.348. The van der Waals surface area contributed by atoms with Gasteiger partial charge in [0, 0.05) is 11.4 Å². The summed E-state index contributed by atoms with van der Waals surface area (Å²) in [5, 5.41) is 17.8. The fourth-order valence-corrected chi connectivity index (χ4v) is 2.88. The first-order valence-corrected chi connectivity index (χ1v) is 8.45. The average molecular weight is 464 g/mol. The lowest BCUT2D eigenvalue weighted by Gasteiger charge is -2.22. The normalized spacial score (nSPS) is 14.0. The Balaban J connectivity index is 0.00000288. The molecule has 1 unspecified atom stereocenters. The first-order valence-electron chi connectivity index (χ1n) is 7.64. The van der Waals surface area contributed by atoms with E-state index in [1.165, 1.54) is 4.88 Å². The van der Waals surface area contributed by atoms with Gasteiger partial charge in [0.15, 0.2) is 5.96 Å². The minimum absolute atomic E-state index is 0. The van der Waals surface area contributed by atoms with Crippen LogP contribution in [0.4, 0.5) is 0 Å². The Labute approximate surface area is 163 Å². The van der Waals surface area contributed by atoms with Crippen molar-refractivity contribution in [2.24, 2.45) is 4.99 Å². The van der Waals surface area contributed by atoms with Crippen molar-refractivity contribution < 1.29 is 9.52 Å². The molecule has 0 aliphatic rings. The van der Waals surface area contributed by atoms with E-state index >= 15 is 0 Å². The summed E-state index contributed by atoms with van der Waals surface area (Å²) in [7, 11) is 0. The maximum atomic E-state index is 10.5. The lowest BCUT2D eigenvalue weighted by molar-refractivity contribution is 0.0386. The number of hydrogen-bond acceptors (Lipinski definition) is 5. The van der Waals surface area contributed by atoms with Crippen LogP contribution in [0, 0.1) is 13.8 Å². The van der Waals surface area contributed by atoms with E-state index in [1.807, 2.05) is 13.8 Å². The molecule has 2 aromatic heterocycles. The Morgan fingerprint density at radius 3 is 2.71 bits per heavy atom. The van der Waals surface area contributed by atoms with Crippen molar-refractivity contribution >= 4 is 41.3 Å². The highest BCUT2D eigenvalue weighted by atomic mass is 127. The molecule has 1 atom stereocenters. The predicted molar refractivity (Wildman–Crippen MR) is 108 cm³/mol. The molecule has 24 heavy (non-hydrogen) atoms. The molecule has 0 saturated heterocycles. The van der Waals surface area contributed by atoms with E-state index in [-0.39, 0.29) is 24.0 Å². The number of nitrogens with one attached hydrogen (secondary N) is 2. The standard InChI is InChI=1S/C16H24N4O2S.HI/c1-5-17-15(18-9-14-20-11(2)12(3)23-14)19-10-16(4,21)13-7-6-8-22-13;/h6-8,21H,5,9-10H2,1-4H3,(H2,17,18,19);1H. The largest absolute Gasteiger partial charge is 0.466 e. The molecule has 0 amide bonds. The number of nitrogens with zero attached hydrogens (tertiary/aromatic N) is 2. The number of guanidine groups is 1. The molecule has 3 N–H and O–H groups in total. The van der Waals surface area contributed by atoms with Crippen molar-refractivity contribution in [1.82, 2.24) is 15.6 Å². The number of hydrogen-bond donors (Lipinski definition) is 3. The van der Waals surface area contributed by atoms with Gasteiger partial charge in [-0.2, -0.15) is 0 Å². The van der Waals surface area contributed by atoms with Gasteiger partial charge < -0.3 is 20.2 Å². The third-order valence-corrected chi connectivity index (χ3v) is 4.50. The minimum Gasteiger partial charge on any atom is -0.466 e. The van der Waals surface area contributed by atoms with Gasteiger partial charge in [-0.25, -0.2) is 9.98 Å². The number of aliphatic imine (C=N–C) groups is 1. The molecule has 0 aliphatic heterocycles. The van der Waals surface area contributed by atoms with Gasteiger partial charge in [0.2, 0.25) is 0 Å². The summed E-state index contributed by atoms with van der Waals surface area (Å²) in [5.41, 5.74) is -0.0486. The Bertz CT molecular complexity index is 634. The molecule has 0 radical (unpaired) electrons. The molecular formula is C16H25IN4O2S. The number of aliphatic hydroxyl groups is 1. The third kappa shape index (κ3) is 5.75. The summed E-state index contributed by atoms with van der Waals surface area (Å²) in [6.07, 6.45) is 1.55. The van der Waals surface area contributed by atoms with E-state index in [2.05, 4.69) is 27.5 Å². The topological polar surface area (TPSA) is 82.7 Å². The summed E-state index contributed by atoms with van der Waals surface area (Å²) >= 11 is 1.66. The summed E-state index contributed by atoms with van der Waals surface area (Å²) in [6.45, 7) is 9.31. The number of furan rings is 1. The van der Waals surface area contributed by atoms with Crippen molar-refractivity contribution in [3.63, 3.8) is 0 Å². The van der Waals surface area contributed by atoms with Gasteiger partial charge in [0.05, 0.1) is 25.0 Å². The maximum absolute atomic E-state index is 10.5. The zero-order chi connectivity index (χ0) is 16.9. The maximum Gasteiger partial charge on any atom is 0.191 e. The van der Waals surface area contributed by atoms with Crippen molar-refractivity contribution in [1.29, 1.82) is 0 Å². The highest BCUT2D eigenvalue weighted by Gasteiger charge is 2.26. The second-order valence-corrected chi connectivity index (χ2v) is 6.84. The summed E-state index contributed by atoms with van der Waals surface area (Å²) in [5.74, 6) is 1.16. The molecule has 134 valence electrons. The minimum atomic E-state index is -1.10. The van der Waals surface area contributed by atoms with Crippen molar-refractivity contribution in [2.75, 3.05) is 13.1 Å². The summed E-state index contributed by atoms with van der Waals surface area (Å²) < 4.78 is 5.28. The Hall–Kier alpha value is -1.13. The highest BCUT2D eigenvalue weighted by Crippen LogP contribution is 2.20. The molecule has 0 saturated carbocycles. The molecular weight excluding hydrogens is 439 g/mol. The number of halogens is 1. The molecule has 2 rings (SSSR count). The molecule has 8 heteroatoms. The second kappa shape index (κ2) is 9.38. The van der Waals surface area contributed by atoms with E-state index in [4.69, 9.17) is 4.42 Å². The molecule has 2 heterocycles. The van der Waals surface area contributed by atoms with E-state index in [0.29, 0.717) is 24.8 Å². The smallest absolute Gasteiger partial charge is 0.191 e. The fourth-order valence-electron chi connectivity index (χ4n) is 2.02. The van der Waals surface area contributed by atoms with Gasteiger partial charge >= 0.3 is 0 Å². The van der Waals surface area contributed by atoms with Crippen LogP contribution in [0.3, 0.4) is 0 Å². The van der Waals surface area contributed by atoms with Crippen LogP contribution in [-0.2, 0) is 12.1 Å². The van der Waals surface area contributed by atoms with E-state index < -0.39 is 5.60 Å². The number of aryl methyl sites for hydroxylation is 2. The third-order valence-electron chi connectivity index (χ3n) is 3.44. The predicted octanol–water partition coefficient (Wildman–Crippen LogP) is 2.93. The second-order valence-electron chi connectivity index (χ2n) is 5.55. The molecule has 0 spiro atoms. The first kappa shape index (κ1) is 20.9. The van der Waals surface area contributed by atoms with Crippen LogP contribution in [0.1, 0.15) is 35.2 Å². The van der Waals surface area contributed by atoms with Gasteiger partial charge in [0.25, 0.3) is 0 Å². The summed E-state index contributed by atoms with van der Waals surface area (Å²) in [4.78, 5) is 10.2. The molecule has 0 bridgehead atoms. The molecule has 6 nitrogen and oxygen atoms in total. The molecule has 2 aromatic rings. The van der Waals surface area contributed by atoms with E-state index in [1.54, 1.807) is 36.7 Å². The molecule has 0 fully saturated rings. The van der Waals surface area contributed by atoms with Gasteiger partial charge in [-0.15, -0.1) is 35.3 Å². The van der Waals surface area contributed by atoms with Crippen LogP contribution < -0.4 is 10.6 Å². The van der Waals surface area contributed by atoms with Crippen LogP contribution in [0.2, 0.25) is 0 Å². The zero-order valence-corrected chi connectivity index (χ0v) is 17.6. The average Bonchev–Trinajstić information content (AvgIpc) is 3.13. The molecule has 0 aromatic carbocycles. The van der Waals surface area contributed by atoms with Crippen molar-refractivity contribution in [3.8, 4) is 0 Å². The van der Waals surface area contributed by atoms with Crippen LogP contribution >= 0.6 is 35.3 Å². The fraction of sp³-hybridized carbons (Fsp3) is 0.500. The van der Waals surface area contributed by atoms with Gasteiger partial charge in [-0.3, -0.25) is 0 Å².